The van der Waals surface area contributed by atoms with E-state index in [1.165, 1.54) is 0 Å². The average Bonchev–Trinajstić information content (AvgIpc) is 3.07. The minimum Gasteiger partial charge on any atom is -0.487 e. The summed E-state index contributed by atoms with van der Waals surface area (Å²) in [6.45, 7) is 4.61. The first-order valence-corrected chi connectivity index (χ1v) is 9.88. The number of nitrogens with zero attached hydrogens (tertiary/aromatic N) is 2. The van der Waals surface area contributed by atoms with Gasteiger partial charge in [-0.3, -0.25) is 4.79 Å². The number of aromatic nitrogens is 1. The highest BCUT2D eigenvalue weighted by Gasteiger charge is 2.34. The number of nitrogens with one attached hydrogen (secondary N) is 1. The Labute approximate surface area is 175 Å². The Morgan fingerprint density at radius 2 is 2.17 bits per heavy atom. The van der Waals surface area contributed by atoms with Crippen molar-refractivity contribution in [2.24, 2.45) is 0 Å². The first-order chi connectivity index (χ1) is 13.9. The number of amides is 1. The smallest absolute Gasteiger partial charge is 0.269 e. The lowest BCUT2D eigenvalue weighted by atomic mass is 9.90. The highest BCUT2D eigenvalue weighted by molar-refractivity contribution is 7.84. The van der Waals surface area contributed by atoms with Gasteiger partial charge < -0.3 is 24.3 Å². The van der Waals surface area contributed by atoms with Gasteiger partial charge in [-0.2, -0.15) is 5.26 Å². The van der Waals surface area contributed by atoms with Crippen molar-refractivity contribution in [2.75, 3.05) is 26.4 Å². The van der Waals surface area contributed by atoms with Crippen molar-refractivity contribution >= 4 is 24.1 Å². The van der Waals surface area contributed by atoms with Crippen LogP contribution in [0.4, 0.5) is 0 Å². The minimum atomic E-state index is -0.666. The summed E-state index contributed by atoms with van der Waals surface area (Å²) < 4.78 is 12.9. The van der Waals surface area contributed by atoms with Crippen LogP contribution in [0.25, 0.3) is 5.52 Å². The Morgan fingerprint density at radius 1 is 1.45 bits per heavy atom. The summed E-state index contributed by atoms with van der Waals surface area (Å²) in [5, 5.41) is 21.8. The second kappa shape index (κ2) is 8.91. The highest BCUT2D eigenvalue weighted by atomic mass is 32.1. The molecule has 3 heterocycles. The molecule has 3 rings (SSSR count). The number of aliphatic hydroxyl groups is 1. The second-order valence-electron chi connectivity index (χ2n) is 7.31. The summed E-state index contributed by atoms with van der Waals surface area (Å²) in [7, 11) is 0. The van der Waals surface area contributed by atoms with Gasteiger partial charge in [-0.25, -0.2) is 0 Å². The standard InChI is InChI=1S/C21H25N3O4S/c1-14-9-16-3-4-17(28-12-18(29)15(2)10-22)11-24(16)19(14)20(26)23-21(13-25)5-7-27-8-6-21/h3-4,9,11,25,29H,5-8,12-13H2,1-2H3,(H,23,26)/b18-15-. The van der Waals surface area contributed by atoms with E-state index in [4.69, 9.17) is 14.7 Å². The Hall–Kier alpha value is -2.47. The number of nitriles is 1. The van der Waals surface area contributed by atoms with E-state index >= 15 is 0 Å². The first-order valence-electron chi connectivity index (χ1n) is 9.43. The van der Waals surface area contributed by atoms with Gasteiger partial charge >= 0.3 is 0 Å². The quantitative estimate of drug-likeness (QED) is 0.498. The van der Waals surface area contributed by atoms with Crippen LogP contribution in [0, 0.1) is 18.3 Å². The van der Waals surface area contributed by atoms with Gasteiger partial charge in [-0.1, -0.05) is 0 Å². The monoisotopic (exact) mass is 415 g/mol. The number of aryl methyl sites for hydroxylation is 1. The summed E-state index contributed by atoms with van der Waals surface area (Å²) >= 11 is 4.29. The molecule has 29 heavy (non-hydrogen) atoms. The van der Waals surface area contributed by atoms with Crippen LogP contribution in [0.15, 0.2) is 34.9 Å². The zero-order chi connectivity index (χ0) is 21.0. The number of hydrogen-bond donors (Lipinski definition) is 3. The van der Waals surface area contributed by atoms with Crippen LogP contribution >= 0.6 is 12.6 Å². The van der Waals surface area contributed by atoms with Gasteiger partial charge in [0.2, 0.25) is 0 Å². The lowest BCUT2D eigenvalue weighted by molar-refractivity contribution is 0.0124. The van der Waals surface area contributed by atoms with Crippen molar-refractivity contribution in [2.45, 2.75) is 32.2 Å². The maximum atomic E-state index is 13.1. The molecule has 0 aromatic carbocycles. The fourth-order valence-corrected chi connectivity index (χ4v) is 3.48. The Balaban J connectivity index is 1.86. The molecule has 1 saturated heterocycles. The van der Waals surface area contributed by atoms with Crippen molar-refractivity contribution in [3.8, 4) is 11.8 Å². The van der Waals surface area contributed by atoms with E-state index in [0.29, 0.717) is 48.0 Å². The molecule has 8 heteroatoms. The maximum absolute atomic E-state index is 13.1. The zero-order valence-corrected chi connectivity index (χ0v) is 17.5. The fourth-order valence-electron chi connectivity index (χ4n) is 3.37. The number of fused-ring (bicyclic) bond motifs is 1. The zero-order valence-electron chi connectivity index (χ0n) is 16.6. The molecule has 1 aliphatic heterocycles. The van der Waals surface area contributed by atoms with E-state index in [9.17, 15) is 9.90 Å². The summed E-state index contributed by atoms with van der Waals surface area (Å²) in [6, 6.07) is 7.65. The Kier molecular flexibility index (Phi) is 6.52. The molecular weight excluding hydrogens is 390 g/mol. The number of rotatable bonds is 6. The van der Waals surface area contributed by atoms with Gasteiger partial charge in [-0.05, 0) is 50.5 Å². The molecule has 154 valence electrons. The van der Waals surface area contributed by atoms with Gasteiger partial charge in [0.1, 0.15) is 18.1 Å². The average molecular weight is 416 g/mol. The fraction of sp³-hybridized carbons (Fsp3) is 0.429. The van der Waals surface area contributed by atoms with E-state index in [1.54, 1.807) is 17.5 Å². The molecule has 1 fully saturated rings. The number of aliphatic hydroxyl groups excluding tert-OH is 1. The number of hydrogen-bond acceptors (Lipinski definition) is 6. The summed E-state index contributed by atoms with van der Waals surface area (Å²) in [4.78, 5) is 13.7. The molecule has 2 N–H and O–H groups in total. The van der Waals surface area contributed by atoms with E-state index in [2.05, 4.69) is 17.9 Å². The minimum absolute atomic E-state index is 0.131. The molecule has 0 unspecified atom stereocenters. The molecule has 1 amide bonds. The number of thiol groups is 1. The van der Waals surface area contributed by atoms with E-state index < -0.39 is 5.54 Å². The van der Waals surface area contributed by atoms with Crippen LogP contribution < -0.4 is 10.1 Å². The molecule has 1 aliphatic rings. The highest BCUT2D eigenvalue weighted by Crippen LogP contribution is 2.24. The third-order valence-electron chi connectivity index (χ3n) is 5.25. The topological polar surface area (TPSA) is 96.0 Å². The third kappa shape index (κ3) is 4.58. The molecular formula is C21H25N3O4S. The third-order valence-corrected chi connectivity index (χ3v) is 5.72. The molecule has 0 bridgehead atoms. The first kappa shape index (κ1) is 21.2. The summed E-state index contributed by atoms with van der Waals surface area (Å²) in [6.07, 6.45) is 2.89. The summed E-state index contributed by atoms with van der Waals surface area (Å²) in [5.41, 5.74) is 2.02. The largest absolute Gasteiger partial charge is 0.487 e. The van der Waals surface area contributed by atoms with Gasteiger partial charge in [0.05, 0.1) is 24.4 Å². The summed E-state index contributed by atoms with van der Waals surface area (Å²) in [5.74, 6) is 0.313. The number of carbonyl (C=O) groups is 1. The predicted molar refractivity (Wildman–Crippen MR) is 112 cm³/mol. The lowest BCUT2D eigenvalue weighted by Gasteiger charge is -2.36. The molecule has 2 aromatic heterocycles. The van der Waals surface area contributed by atoms with Gasteiger partial charge in [0.15, 0.2) is 0 Å². The van der Waals surface area contributed by atoms with Crippen molar-refractivity contribution < 1.29 is 19.4 Å². The van der Waals surface area contributed by atoms with E-state index in [-0.39, 0.29) is 19.1 Å². The molecule has 0 saturated carbocycles. The van der Waals surface area contributed by atoms with Gasteiger partial charge in [0, 0.05) is 29.2 Å². The van der Waals surface area contributed by atoms with Crippen molar-refractivity contribution in [1.29, 1.82) is 5.26 Å². The number of pyridine rings is 1. The van der Waals surface area contributed by atoms with E-state index in [0.717, 1.165) is 11.1 Å². The lowest BCUT2D eigenvalue weighted by Crippen LogP contribution is -2.54. The predicted octanol–water partition coefficient (Wildman–Crippen LogP) is 2.63. The molecule has 0 aliphatic carbocycles. The maximum Gasteiger partial charge on any atom is 0.269 e. The van der Waals surface area contributed by atoms with Crippen LogP contribution in [0.2, 0.25) is 0 Å². The van der Waals surface area contributed by atoms with Crippen LogP contribution in [0.3, 0.4) is 0 Å². The Bertz CT molecular complexity index is 984. The molecule has 0 radical (unpaired) electrons. The van der Waals surface area contributed by atoms with Crippen LogP contribution in [-0.2, 0) is 4.74 Å². The van der Waals surface area contributed by atoms with Crippen LogP contribution in [-0.4, -0.2) is 47.4 Å². The van der Waals surface area contributed by atoms with Gasteiger partial charge in [-0.15, -0.1) is 12.6 Å². The van der Waals surface area contributed by atoms with E-state index in [1.807, 2.05) is 31.2 Å². The van der Waals surface area contributed by atoms with Gasteiger partial charge in [0.25, 0.3) is 5.91 Å². The van der Waals surface area contributed by atoms with Crippen molar-refractivity contribution in [3.05, 3.63) is 46.1 Å². The van der Waals surface area contributed by atoms with Crippen molar-refractivity contribution in [3.63, 3.8) is 0 Å². The number of ether oxygens (including phenoxy) is 2. The molecule has 0 spiro atoms. The normalized spacial score (nSPS) is 16.8. The molecule has 7 nitrogen and oxygen atoms in total. The molecule has 2 aromatic rings. The second-order valence-corrected chi connectivity index (χ2v) is 7.85. The van der Waals surface area contributed by atoms with Crippen LogP contribution in [0.5, 0.6) is 5.75 Å². The van der Waals surface area contributed by atoms with Crippen molar-refractivity contribution in [1.82, 2.24) is 9.72 Å². The molecule has 0 atom stereocenters. The Morgan fingerprint density at radius 3 is 2.83 bits per heavy atom. The van der Waals surface area contributed by atoms with Crippen LogP contribution in [0.1, 0.15) is 35.8 Å². The number of carbonyl (C=O) groups excluding carboxylic acids is 1. The number of allylic oxidation sites excluding steroid dienone is 1. The SMILES string of the molecule is C/C(C#N)=C(/S)COc1ccc2cc(C)c(C(=O)NC3(CO)CCOCC3)n2c1.